The number of nitrogens with one attached hydrogen (secondary N) is 2. The topological polar surface area (TPSA) is 68.3 Å². The highest BCUT2D eigenvalue weighted by Gasteiger charge is 2.35. The molecule has 0 aliphatic heterocycles. The van der Waals surface area contributed by atoms with E-state index in [2.05, 4.69) is 27.5 Å². The van der Waals surface area contributed by atoms with Crippen LogP contribution in [-0.2, 0) is 6.18 Å². The molecule has 0 bridgehead atoms. The Bertz CT molecular complexity index is 1070. The molecular weight excluding hydrogens is 469 g/mol. The molecule has 0 aliphatic carbocycles. The van der Waals surface area contributed by atoms with E-state index in [1.165, 1.54) is 6.42 Å². The number of alkyl halides is 3. The van der Waals surface area contributed by atoms with Gasteiger partial charge in [-0.05, 0) is 68.3 Å². The summed E-state index contributed by atoms with van der Waals surface area (Å²) < 4.78 is 52.3. The van der Waals surface area contributed by atoms with Crippen LogP contribution in [0.3, 0.4) is 0 Å². The van der Waals surface area contributed by atoms with Crippen molar-refractivity contribution in [3.05, 3.63) is 60.3 Å². The van der Waals surface area contributed by atoms with Crippen molar-refractivity contribution in [3.8, 4) is 11.5 Å². The summed E-state index contributed by atoms with van der Waals surface area (Å²) in [6, 6.07) is 13.8. The smallest absolute Gasteiger partial charge is 0.421 e. The summed E-state index contributed by atoms with van der Waals surface area (Å²) in [4.78, 5) is 7.96. The van der Waals surface area contributed by atoms with Gasteiger partial charge in [0.25, 0.3) is 0 Å². The summed E-state index contributed by atoms with van der Waals surface area (Å²) in [6.07, 6.45) is 1.51. The number of hydrogen-bond acceptors (Lipinski definition) is 6. The van der Waals surface area contributed by atoms with Crippen LogP contribution in [0.1, 0.15) is 58.4 Å². The molecule has 3 rings (SSSR count). The van der Waals surface area contributed by atoms with Gasteiger partial charge in [-0.1, -0.05) is 33.1 Å². The van der Waals surface area contributed by atoms with Crippen LogP contribution in [0, 0.1) is 0 Å². The molecule has 1 aromatic heterocycles. The lowest BCUT2D eigenvalue weighted by Gasteiger charge is -2.16. The average molecular weight is 503 g/mol. The Hall–Kier alpha value is -3.49. The average Bonchev–Trinajstić information content (AvgIpc) is 2.85. The first-order valence-corrected chi connectivity index (χ1v) is 12.3. The number of hydrogen-bond donors (Lipinski definition) is 2. The molecule has 0 amide bonds. The third-order valence-corrected chi connectivity index (χ3v) is 5.50. The summed E-state index contributed by atoms with van der Waals surface area (Å²) in [5.41, 5.74) is 0.120. The van der Waals surface area contributed by atoms with Gasteiger partial charge in [-0.25, -0.2) is 4.98 Å². The Morgan fingerprint density at radius 1 is 0.861 bits per heavy atom. The molecule has 1 atom stereocenters. The van der Waals surface area contributed by atoms with E-state index >= 15 is 0 Å². The van der Waals surface area contributed by atoms with Crippen LogP contribution in [0.15, 0.2) is 54.7 Å². The van der Waals surface area contributed by atoms with E-state index in [9.17, 15) is 13.2 Å². The fourth-order valence-corrected chi connectivity index (χ4v) is 3.30. The van der Waals surface area contributed by atoms with E-state index in [0.717, 1.165) is 31.9 Å². The zero-order valence-corrected chi connectivity index (χ0v) is 20.9. The Morgan fingerprint density at radius 2 is 1.50 bits per heavy atom. The summed E-state index contributed by atoms with van der Waals surface area (Å²) in [6.45, 7) is 6.77. The molecule has 3 aromatic rings. The second kappa shape index (κ2) is 13.0. The number of benzene rings is 2. The molecule has 0 radical (unpaired) electrons. The highest BCUT2D eigenvalue weighted by molar-refractivity contribution is 5.63. The molecule has 1 unspecified atom stereocenters. The van der Waals surface area contributed by atoms with Crippen molar-refractivity contribution in [2.24, 2.45) is 0 Å². The zero-order valence-electron chi connectivity index (χ0n) is 20.9. The predicted molar refractivity (Wildman–Crippen MR) is 137 cm³/mol. The quantitative estimate of drug-likeness (QED) is 0.230. The molecule has 1 heterocycles. The Kier molecular flexibility index (Phi) is 9.78. The number of aromatic nitrogens is 2. The molecule has 2 N–H and O–H groups in total. The van der Waals surface area contributed by atoms with Gasteiger partial charge in [-0.3, -0.25) is 0 Å². The monoisotopic (exact) mass is 502 g/mol. The second-order valence-corrected chi connectivity index (χ2v) is 8.50. The molecule has 0 spiro atoms. The SMILES string of the molecule is CCCCCCOc1ccc(Nc2nc(Nc3ccc(OC(C)CC)cc3)ncc2C(F)(F)F)cc1. The maximum Gasteiger partial charge on any atom is 0.421 e. The highest BCUT2D eigenvalue weighted by Crippen LogP contribution is 2.35. The molecule has 6 nitrogen and oxygen atoms in total. The van der Waals surface area contributed by atoms with Gasteiger partial charge < -0.3 is 20.1 Å². The Balaban J connectivity index is 1.70. The first kappa shape index (κ1) is 27.1. The van der Waals surface area contributed by atoms with Gasteiger partial charge in [0.15, 0.2) is 0 Å². The van der Waals surface area contributed by atoms with Crippen molar-refractivity contribution in [2.45, 2.75) is 65.2 Å². The third-order valence-electron chi connectivity index (χ3n) is 5.50. The molecular formula is C27H33F3N4O2. The van der Waals surface area contributed by atoms with Crippen LogP contribution in [0.2, 0.25) is 0 Å². The third kappa shape index (κ3) is 8.32. The predicted octanol–water partition coefficient (Wildman–Crippen LogP) is 8.12. The van der Waals surface area contributed by atoms with Crippen molar-refractivity contribution in [3.63, 3.8) is 0 Å². The van der Waals surface area contributed by atoms with Crippen LogP contribution in [0.25, 0.3) is 0 Å². The van der Waals surface area contributed by atoms with E-state index in [0.29, 0.717) is 29.5 Å². The van der Waals surface area contributed by atoms with E-state index in [1.807, 2.05) is 13.8 Å². The summed E-state index contributed by atoms with van der Waals surface area (Å²) in [5, 5.41) is 5.71. The van der Waals surface area contributed by atoms with Crippen LogP contribution in [0.5, 0.6) is 11.5 Å². The van der Waals surface area contributed by atoms with E-state index in [4.69, 9.17) is 9.47 Å². The lowest BCUT2D eigenvalue weighted by Crippen LogP contribution is -2.12. The fraction of sp³-hybridized carbons (Fsp3) is 0.407. The minimum atomic E-state index is -4.61. The van der Waals surface area contributed by atoms with Gasteiger partial charge in [-0.2, -0.15) is 18.2 Å². The lowest BCUT2D eigenvalue weighted by molar-refractivity contribution is -0.137. The molecule has 2 aromatic carbocycles. The number of unbranched alkanes of at least 4 members (excludes halogenated alkanes) is 3. The van der Waals surface area contributed by atoms with Gasteiger partial charge in [0.05, 0.1) is 12.7 Å². The van der Waals surface area contributed by atoms with Crippen LogP contribution in [-0.4, -0.2) is 22.7 Å². The normalized spacial score (nSPS) is 12.2. The maximum absolute atomic E-state index is 13.6. The molecule has 0 saturated carbocycles. The van der Waals surface area contributed by atoms with Crippen molar-refractivity contribution in [1.82, 2.24) is 9.97 Å². The van der Waals surface area contributed by atoms with E-state index in [-0.39, 0.29) is 17.9 Å². The molecule has 194 valence electrons. The standard InChI is InChI=1S/C27H33F3N4O2/c1-4-6-7-8-17-35-22-13-9-20(10-14-22)32-25-24(27(28,29)30)18-31-26(34-25)33-21-11-15-23(16-12-21)36-19(3)5-2/h9-16,18-19H,4-8,17H2,1-3H3,(H2,31,32,33,34). The number of halogens is 3. The molecule has 0 saturated heterocycles. The van der Waals surface area contributed by atoms with E-state index < -0.39 is 11.7 Å². The Labute approximate surface area is 210 Å². The summed E-state index contributed by atoms with van der Waals surface area (Å²) in [5.74, 6) is 1.07. The van der Waals surface area contributed by atoms with Crippen molar-refractivity contribution >= 4 is 23.1 Å². The van der Waals surface area contributed by atoms with E-state index in [1.54, 1.807) is 48.5 Å². The second-order valence-electron chi connectivity index (χ2n) is 8.50. The Morgan fingerprint density at radius 3 is 2.11 bits per heavy atom. The molecule has 9 heteroatoms. The first-order chi connectivity index (χ1) is 17.3. The van der Waals surface area contributed by atoms with Gasteiger partial charge in [0.2, 0.25) is 5.95 Å². The molecule has 0 aliphatic rings. The minimum absolute atomic E-state index is 0.0353. The largest absolute Gasteiger partial charge is 0.494 e. The highest BCUT2D eigenvalue weighted by atomic mass is 19.4. The van der Waals surface area contributed by atoms with Crippen LogP contribution in [0.4, 0.5) is 36.3 Å². The minimum Gasteiger partial charge on any atom is -0.494 e. The van der Waals surface area contributed by atoms with Crippen molar-refractivity contribution < 1.29 is 22.6 Å². The number of rotatable bonds is 13. The summed E-state index contributed by atoms with van der Waals surface area (Å²) in [7, 11) is 0. The van der Waals surface area contributed by atoms with Gasteiger partial charge in [0, 0.05) is 17.6 Å². The maximum atomic E-state index is 13.6. The van der Waals surface area contributed by atoms with Crippen LogP contribution < -0.4 is 20.1 Å². The first-order valence-electron chi connectivity index (χ1n) is 12.3. The number of anilines is 4. The zero-order chi connectivity index (χ0) is 26.0. The van der Waals surface area contributed by atoms with Crippen molar-refractivity contribution in [2.75, 3.05) is 17.2 Å². The van der Waals surface area contributed by atoms with Gasteiger partial charge in [0.1, 0.15) is 22.9 Å². The molecule has 36 heavy (non-hydrogen) atoms. The molecule has 0 fully saturated rings. The van der Waals surface area contributed by atoms with Crippen molar-refractivity contribution in [1.29, 1.82) is 0 Å². The van der Waals surface area contributed by atoms with Gasteiger partial charge in [-0.15, -0.1) is 0 Å². The van der Waals surface area contributed by atoms with Gasteiger partial charge >= 0.3 is 6.18 Å². The number of nitrogens with zero attached hydrogens (tertiary/aromatic N) is 2. The lowest BCUT2D eigenvalue weighted by atomic mass is 10.2. The fourth-order valence-electron chi connectivity index (χ4n) is 3.30. The summed E-state index contributed by atoms with van der Waals surface area (Å²) >= 11 is 0. The van der Waals surface area contributed by atoms with Crippen LogP contribution >= 0.6 is 0 Å². The number of ether oxygens (including phenoxy) is 2.